The molecule has 1 heterocycles. The molecule has 0 aliphatic heterocycles. The van der Waals surface area contributed by atoms with E-state index in [9.17, 15) is 13.2 Å². The highest BCUT2D eigenvalue weighted by Gasteiger charge is 2.32. The minimum absolute atomic E-state index is 0.0667. The third-order valence-electron chi connectivity index (χ3n) is 2.56. The van der Waals surface area contributed by atoms with Crippen molar-refractivity contribution in [1.82, 2.24) is 20.6 Å². The summed E-state index contributed by atoms with van der Waals surface area (Å²) < 4.78 is 42.5. The van der Waals surface area contributed by atoms with Crippen LogP contribution in [0, 0.1) is 0 Å². The molecule has 0 radical (unpaired) electrons. The molecule has 0 bridgehead atoms. The van der Waals surface area contributed by atoms with Gasteiger partial charge in [-0.2, -0.15) is 13.2 Å². The first-order chi connectivity index (χ1) is 11.0. The van der Waals surface area contributed by atoms with Crippen LogP contribution in [-0.2, 0) is 10.9 Å². The number of guanidine groups is 1. The molecule has 0 aliphatic rings. The Morgan fingerprint density at radius 1 is 1.30 bits per heavy atom. The lowest BCUT2D eigenvalue weighted by Gasteiger charge is -2.12. The Hall–Kier alpha value is -2.10. The second-order valence-electron chi connectivity index (χ2n) is 4.37. The summed E-state index contributed by atoms with van der Waals surface area (Å²) in [6.07, 6.45) is -3.41. The molecule has 10 heteroatoms. The van der Waals surface area contributed by atoms with Crippen LogP contribution in [0.5, 0.6) is 0 Å². The summed E-state index contributed by atoms with van der Waals surface area (Å²) >= 11 is 0. The predicted molar refractivity (Wildman–Crippen MR) is 81.4 cm³/mol. The number of rotatable bonds is 8. The highest BCUT2D eigenvalue weighted by atomic mass is 19.4. The molecule has 0 saturated carbocycles. The summed E-state index contributed by atoms with van der Waals surface area (Å²) in [5.41, 5.74) is -0.975. The van der Waals surface area contributed by atoms with Crippen LogP contribution in [0.4, 0.5) is 19.1 Å². The molecule has 23 heavy (non-hydrogen) atoms. The van der Waals surface area contributed by atoms with Gasteiger partial charge in [0.15, 0.2) is 5.96 Å². The van der Waals surface area contributed by atoms with Gasteiger partial charge in [0.05, 0.1) is 13.2 Å². The van der Waals surface area contributed by atoms with Gasteiger partial charge in [-0.1, -0.05) is 0 Å². The number of alkyl halides is 3. The zero-order valence-electron chi connectivity index (χ0n) is 13.1. The van der Waals surface area contributed by atoms with Crippen molar-refractivity contribution in [3.63, 3.8) is 0 Å². The Morgan fingerprint density at radius 3 is 2.74 bits per heavy atom. The highest BCUT2D eigenvalue weighted by molar-refractivity contribution is 5.79. The van der Waals surface area contributed by atoms with Crippen molar-refractivity contribution in [2.45, 2.75) is 13.1 Å². The number of hydrogen-bond acceptors (Lipinski definition) is 5. The third kappa shape index (κ3) is 7.63. The fourth-order valence-electron chi connectivity index (χ4n) is 1.55. The molecular weight excluding hydrogens is 313 g/mol. The van der Waals surface area contributed by atoms with Crippen LogP contribution in [0.1, 0.15) is 12.6 Å². The topological polar surface area (TPSA) is 83.5 Å². The first kappa shape index (κ1) is 18.9. The Kier molecular flexibility index (Phi) is 8.09. The van der Waals surface area contributed by atoms with E-state index in [-0.39, 0.29) is 5.95 Å². The van der Waals surface area contributed by atoms with Crippen molar-refractivity contribution in [3.8, 4) is 0 Å². The number of nitrogens with one attached hydrogen (secondary N) is 3. The fraction of sp³-hybridized carbons (Fsp3) is 0.615. The van der Waals surface area contributed by atoms with E-state index in [0.717, 1.165) is 12.3 Å². The Morgan fingerprint density at radius 2 is 2.09 bits per heavy atom. The van der Waals surface area contributed by atoms with Gasteiger partial charge >= 0.3 is 6.18 Å². The molecule has 0 saturated heterocycles. The second-order valence-corrected chi connectivity index (χ2v) is 4.37. The standard InChI is InChI=1S/C13H21F3N6O/c1-3-17-11(21-8-9-23-2)19-6-7-20-12-18-5-4-10(22-12)13(14,15)16/h4-5H,3,6-9H2,1-2H3,(H2,17,19,21)(H,18,20,22). The minimum Gasteiger partial charge on any atom is -0.383 e. The molecule has 0 atom stereocenters. The maximum atomic E-state index is 12.5. The van der Waals surface area contributed by atoms with E-state index >= 15 is 0 Å². The molecule has 1 rings (SSSR count). The summed E-state index contributed by atoms with van der Waals surface area (Å²) in [5.74, 6) is 0.541. The lowest BCUT2D eigenvalue weighted by molar-refractivity contribution is -0.141. The molecule has 0 aliphatic carbocycles. The maximum absolute atomic E-state index is 12.5. The number of anilines is 1. The van der Waals surface area contributed by atoms with Crippen molar-refractivity contribution < 1.29 is 17.9 Å². The third-order valence-corrected chi connectivity index (χ3v) is 2.56. The van der Waals surface area contributed by atoms with Crippen LogP contribution in [0.15, 0.2) is 17.3 Å². The lowest BCUT2D eigenvalue weighted by atomic mass is 10.4. The van der Waals surface area contributed by atoms with Crippen molar-refractivity contribution in [2.75, 3.05) is 45.2 Å². The average Bonchev–Trinajstić information content (AvgIpc) is 2.51. The first-order valence-corrected chi connectivity index (χ1v) is 7.12. The molecule has 0 unspecified atom stereocenters. The van der Waals surface area contributed by atoms with Crippen LogP contribution >= 0.6 is 0 Å². The molecule has 7 nitrogen and oxygen atoms in total. The number of ether oxygens (including phenoxy) is 1. The van der Waals surface area contributed by atoms with Gasteiger partial charge in [0.25, 0.3) is 0 Å². The quantitative estimate of drug-likeness (QED) is 0.375. The van der Waals surface area contributed by atoms with Crippen LogP contribution in [0.2, 0.25) is 0 Å². The van der Waals surface area contributed by atoms with Gasteiger partial charge in [-0.25, -0.2) is 9.97 Å². The largest absolute Gasteiger partial charge is 0.433 e. The van der Waals surface area contributed by atoms with Crippen LogP contribution < -0.4 is 16.0 Å². The Bertz CT molecular complexity index is 495. The number of nitrogens with zero attached hydrogens (tertiary/aromatic N) is 3. The van der Waals surface area contributed by atoms with Gasteiger partial charge in [0, 0.05) is 32.9 Å². The molecule has 3 N–H and O–H groups in total. The SMILES string of the molecule is CCNC(=NCCOC)NCCNc1nccc(C(F)(F)F)n1. The van der Waals surface area contributed by atoms with E-state index < -0.39 is 11.9 Å². The van der Waals surface area contributed by atoms with Gasteiger partial charge in [-0.05, 0) is 13.0 Å². The van der Waals surface area contributed by atoms with E-state index in [4.69, 9.17) is 4.74 Å². The molecule has 0 aromatic carbocycles. The van der Waals surface area contributed by atoms with Gasteiger partial charge < -0.3 is 20.7 Å². The molecule has 130 valence electrons. The summed E-state index contributed by atoms with van der Waals surface area (Å²) in [6.45, 7) is 4.43. The summed E-state index contributed by atoms with van der Waals surface area (Å²) in [6, 6.07) is 0.829. The molecule has 1 aromatic rings. The van der Waals surface area contributed by atoms with Gasteiger partial charge in [-0.15, -0.1) is 0 Å². The average molecular weight is 334 g/mol. The number of hydrogen-bond donors (Lipinski definition) is 3. The zero-order valence-corrected chi connectivity index (χ0v) is 13.1. The number of halogens is 3. The van der Waals surface area contributed by atoms with E-state index in [1.165, 1.54) is 0 Å². The van der Waals surface area contributed by atoms with Crippen LogP contribution in [0.25, 0.3) is 0 Å². The molecule has 0 spiro atoms. The Labute approximate surface area is 132 Å². The summed E-state index contributed by atoms with van der Waals surface area (Å²) in [5, 5.41) is 8.81. The molecule has 1 aromatic heterocycles. The number of methoxy groups -OCH3 is 1. The van der Waals surface area contributed by atoms with E-state index in [2.05, 4.69) is 30.9 Å². The number of aromatic nitrogens is 2. The normalized spacial score (nSPS) is 12.1. The second kappa shape index (κ2) is 9.82. The van der Waals surface area contributed by atoms with Gasteiger partial charge in [0.2, 0.25) is 5.95 Å². The molecular formula is C13H21F3N6O. The van der Waals surface area contributed by atoms with Crippen LogP contribution in [0.3, 0.4) is 0 Å². The van der Waals surface area contributed by atoms with E-state index in [0.29, 0.717) is 38.7 Å². The van der Waals surface area contributed by atoms with Crippen molar-refractivity contribution in [1.29, 1.82) is 0 Å². The van der Waals surface area contributed by atoms with Crippen LogP contribution in [-0.4, -0.2) is 55.8 Å². The monoisotopic (exact) mass is 334 g/mol. The predicted octanol–water partition coefficient (Wildman–Crippen LogP) is 1.11. The minimum atomic E-state index is -4.48. The number of aliphatic imine (C=N–C) groups is 1. The van der Waals surface area contributed by atoms with Gasteiger partial charge in [0.1, 0.15) is 5.69 Å². The zero-order chi connectivity index (χ0) is 17.1. The van der Waals surface area contributed by atoms with Crippen molar-refractivity contribution >= 4 is 11.9 Å². The summed E-state index contributed by atoms with van der Waals surface area (Å²) in [7, 11) is 1.59. The lowest BCUT2D eigenvalue weighted by Crippen LogP contribution is -2.39. The summed E-state index contributed by atoms with van der Waals surface area (Å²) in [4.78, 5) is 11.4. The smallest absolute Gasteiger partial charge is 0.383 e. The maximum Gasteiger partial charge on any atom is 0.433 e. The highest BCUT2D eigenvalue weighted by Crippen LogP contribution is 2.27. The molecule has 0 amide bonds. The fourth-order valence-corrected chi connectivity index (χ4v) is 1.55. The molecule has 0 fully saturated rings. The van der Waals surface area contributed by atoms with Crippen molar-refractivity contribution in [2.24, 2.45) is 4.99 Å². The van der Waals surface area contributed by atoms with Gasteiger partial charge in [-0.3, -0.25) is 4.99 Å². The van der Waals surface area contributed by atoms with Crippen molar-refractivity contribution in [3.05, 3.63) is 18.0 Å². The van der Waals surface area contributed by atoms with E-state index in [1.807, 2.05) is 6.92 Å². The first-order valence-electron chi connectivity index (χ1n) is 7.12. The van der Waals surface area contributed by atoms with E-state index in [1.54, 1.807) is 7.11 Å². The Balaban J connectivity index is 2.42.